The van der Waals surface area contributed by atoms with Gasteiger partial charge in [0.15, 0.2) is 0 Å². The first kappa shape index (κ1) is 28.5. The summed E-state index contributed by atoms with van der Waals surface area (Å²) in [4.78, 5) is 27.6. The van der Waals surface area contributed by atoms with E-state index in [0.29, 0.717) is 0 Å². The molecular weight excluding hydrogens is 298 g/mol. The first-order valence-corrected chi connectivity index (χ1v) is 6.40. The fourth-order valence-corrected chi connectivity index (χ4v) is 0.467. The van der Waals surface area contributed by atoms with E-state index in [9.17, 15) is 9.90 Å². The lowest BCUT2D eigenvalue weighted by atomic mass is 10.3. The van der Waals surface area contributed by atoms with Crippen molar-refractivity contribution >= 4 is 17.9 Å². The Kier molecular flexibility index (Phi) is 22.4. The normalized spacial score (nSPS) is 10.4. The number of aliphatic carboxylic acids is 3. The van der Waals surface area contributed by atoms with Crippen LogP contribution in [0, 0.1) is 0 Å². The molecule has 0 aliphatic heterocycles. The maximum atomic E-state index is 9.57. The highest BCUT2D eigenvalue weighted by atomic mass is 16.4. The van der Waals surface area contributed by atoms with E-state index in [1.165, 1.54) is 0 Å². The van der Waals surface area contributed by atoms with E-state index >= 15 is 0 Å². The second-order valence-corrected chi connectivity index (χ2v) is 5.02. The summed E-state index contributed by atoms with van der Waals surface area (Å²) in [6.07, 6.45) is -1.08. The lowest BCUT2D eigenvalue weighted by molar-refractivity contribution is -0.870. The predicted octanol–water partition coefficient (Wildman–Crippen LogP) is -1.63. The summed E-state index contributed by atoms with van der Waals surface area (Å²) in [7, 11) is 6.16. The van der Waals surface area contributed by atoms with Crippen LogP contribution in [0.5, 0.6) is 0 Å². The molecule has 0 aromatic carbocycles. The van der Waals surface area contributed by atoms with Gasteiger partial charge in [0.25, 0.3) is 11.9 Å². The molecule has 0 spiro atoms. The Hall–Kier alpha value is -1.71. The molecule has 0 amide bonds. The highest BCUT2D eigenvalue weighted by Crippen LogP contribution is 1.85. The minimum atomic E-state index is -1.40. The predicted molar refractivity (Wildman–Crippen MR) is 77.9 cm³/mol. The maximum absolute atomic E-state index is 9.57. The van der Waals surface area contributed by atoms with Crippen LogP contribution in [0.15, 0.2) is 0 Å². The quantitative estimate of drug-likeness (QED) is 0.449. The van der Waals surface area contributed by atoms with E-state index in [-0.39, 0.29) is 13.0 Å². The van der Waals surface area contributed by atoms with Crippen molar-refractivity contribution in [2.45, 2.75) is 33.3 Å². The molecule has 1 unspecified atom stereocenters. The Morgan fingerprint density at radius 1 is 1.05 bits per heavy atom. The molecular formula is C13H29NO8. The molecule has 0 fully saturated rings. The summed E-state index contributed by atoms with van der Waals surface area (Å²) in [5, 5.41) is 41.1. The zero-order chi connectivity index (χ0) is 18.9. The van der Waals surface area contributed by atoms with Crippen LogP contribution in [0.1, 0.15) is 27.2 Å². The van der Waals surface area contributed by atoms with Gasteiger partial charge in [-0.15, -0.1) is 0 Å². The maximum Gasteiger partial charge on any atom is 0.300 e. The number of rotatable bonds is 4. The second kappa shape index (κ2) is 17.3. The summed E-state index contributed by atoms with van der Waals surface area (Å²) in [5.74, 6) is -3.07. The van der Waals surface area contributed by atoms with E-state index in [2.05, 4.69) is 21.1 Å². The average Bonchev–Trinajstić information content (AvgIpc) is 2.25. The van der Waals surface area contributed by atoms with Gasteiger partial charge in [0, 0.05) is 13.8 Å². The van der Waals surface area contributed by atoms with Crippen molar-refractivity contribution in [1.29, 1.82) is 0 Å². The van der Waals surface area contributed by atoms with Gasteiger partial charge in [-0.25, -0.2) is 0 Å². The van der Waals surface area contributed by atoms with Crippen molar-refractivity contribution in [3.05, 3.63) is 0 Å². The van der Waals surface area contributed by atoms with Crippen LogP contribution < -0.4 is 5.11 Å². The molecule has 0 saturated carbocycles. The Labute approximate surface area is 131 Å². The molecule has 9 heteroatoms. The Bertz CT molecular complexity index is 279. The standard InChI is InChI=1S/C5H14NO.C4H8O3.2C2H4O2/c1-6(2,3)4-5-7;1-2-3(5)4(6)7;2*1-2(3)4/h7H,4-5H2,1-3H3;3,5H,2H2,1H3,(H,6,7);2*1H3,(H,3,4)/q+1;;;/p-1. The molecule has 0 aliphatic rings. The van der Waals surface area contributed by atoms with Crippen molar-refractivity contribution in [1.82, 2.24) is 0 Å². The summed E-state index contributed by atoms with van der Waals surface area (Å²) in [5.41, 5.74) is 0. The third-order valence-corrected chi connectivity index (χ3v) is 1.43. The van der Waals surface area contributed by atoms with Crippen molar-refractivity contribution in [2.24, 2.45) is 0 Å². The van der Waals surface area contributed by atoms with Gasteiger partial charge in [0.2, 0.25) is 0 Å². The summed E-state index contributed by atoms with van der Waals surface area (Å²) in [6.45, 7) is 4.85. The fourth-order valence-electron chi connectivity index (χ4n) is 0.467. The number of hydrogen-bond acceptors (Lipinski definition) is 6. The third kappa shape index (κ3) is 79.6. The number of carboxylic acids is 3. The van der Waals surface area contributed by atoms with Crippen molar-refractivity contribution in [3.8, 4) is 0 Å². The van der Waals surface area contributed by atoms with E-state index in [4.69, 9.17) is 30.0 Å². The molecule has 0 bridgehead atoms. The molecule has 9 nitrogen and oxygen atoms in total. The first-order chi connectivity index (χ1) is 9.71. The number of aliphatic hydroxyl groups excluding tert-OH is 2. The number of likely N-dealkylation sites (N-methyl/N-ethyl adjacent to an activating group) is 1. The molecule has 22 heavy (non-hydrogen) atoms. The van der Waals surface area contributed by atoms with Gasteiger partial charge in [0.1, 0.15) is 6.54 Å². The number of carbonyl (C=O) groups is 3. The number of hydrogen-bond donors (Lipinski definition) is 4. The summed E-state index contributed by atoms with van der Waals surface area (Å²) < 4.78 is 0.844. The van der Waals surface area contributed by atoms with Crippen molar-refractivity contribution in [3.63, 3.8) is 0 Å². The van der Waals surface area contributed by atoms with Gasteiger partial charge in [-0.1, -0.05) is 6.92 Å². The van der Waals surface area contributed by atoms with Gasteiger partial charge >= 0.3 is 0 Å². The van der Waals surface area contributed by atoms with E-state index in [1.54, 1.807) is 6.92 Å². The lowest BCUT2D eigenvalue weighted by Crippen LogP contribution is -2.36. The molecule has 0 radical (unpaired) electrons. The zero-order valence-corrected chi connectivity index (χ0v) is 14.1. The molecule has 1 atom stereocenters. The number of aliphatic hydroxyl groups is 2. The molecule has 0 aromatic heterocycles. The molecule has 0 heterocycles. The Morgan fingerprint density at radius 2 is 1.32 bits per heavy atom. The van der Waals surface area contributed by atoms with Crippen LogP contribution in [0.2, 0.25) is 0 Å². The number of carboxylic acid groups (broad SMARTS) is 3. The van der Waals surface area contributed by atoms with Crippen molar-refractivity contribution < 1.29 is 44.4 Å². The number of carbonyl (C=O) groups excluding carboxylic acids is 1. The lowest BCUT2D eigenvalue weighted by Gasteiger charge is -2.21. The average molecular weight is 327 g/mol. The van der Waals surface area contributed by atoms with E-state index in [0.717, 1.165) is 24.9 Å². The molecule has 0 aliphatic carbocycles. The first-order valence-electron chi connectivity index (χ1n) is 6.40. The zero-order valence-electron chi connectivity index (χ0n) is 14.1. The van der Waals surface area contributed by atoms with Crippen LogP contribution in [0.4, 0.5) is 0 Å². The van der Waals surface area contributed by atoms with Gasteiger partial charge in [-0.3, -0.25) is 9.59 Å². The molecule has 134 valence electrons. The summed E-state index contributed by atoms with van der Waals surface area (Å²) in [6, 6.07) is 0. The SMILES string of the molecule is CC(=O)O.CC(=O)O.CCC(O)C(=O)[O-].C[N+](C)(C)CCO. The van der Waals surface area contributed by atoms with E-state index in [1.807, 2.05) is 0 Å². The highest BCUT2D eigenvalue weighted by molar-refractivity contribution is 5.69. The van der Waals surface area contributed by atoms with Gasteiger partial charge < -0.3 is 34.8 Å². The summed E-state index contributed by atoms with van der Waals surface area (Å²) >= 11 is 0. The Balaban J connectivity index is -0.000000102. The largest absolute Gasteiger partial charge is 0.547 e. The van der Waals surface area contributed by atoms with Crippen LogP contribution in [-0.4, -0.2) is 83.2 Å². The van der Waals surface area contributed by atoms with Crippen molar-refractivity contribution in [2.75, 3.05) is 34.3 Å². The van der Waals surface area contributed by atoms with Gasteiger partial charge in [-0.05, 0) is 6.42 Å². The smallest absolute Gasteiger partial charge is 0.300 e. The molecule has 4 N–H and O–H groups in total. The monoisotopic (exact) mass is 327 g/mol. The minimum absolute atomic E-state index is 0.211. The molecule has 0 rings (SSSR count). The number of quaternary nitrogens is 1. The molecule has 0 aromatic rings. The van der Waals surface area contributed by atoms with Crippen LogP contribution in [0.3, 0.4) is 0 Å². The van der Waals surface area contributed by atoms with Crippen LogP contribution >= 0.6 is 0 Å². The van der Waals surface area contributed by atoms with Crippen LogP contribution in [-0.2, 0) is 14.4 Å². The van der Waals surface area contributed by atoms with E-state index < -0.39 is 24.0 Å². The fraction of sp³-hybridized carbons (Fsp3) is 0.769. The highest BCUT2D eigenvalue weighted by Gasteiger charge is 2.02. The third-order valence-electron chi connectivity index (χ3n) is 1.43. The number of nitrogens with zero attached hydrogens (tertiary/aromatic N) is 1. The van der Waals surface area contributed by atoms with Gasteiger partial charge in [0.05, 0.1) is 39.8 Å². The molecule has 0 saturated heterocycles. The van der Waals surface area contributed by atoms with Crippen LogP contribution in [0.25, 0.3) is 0 Å². The topological polar surface area (TPSA) is 155 Å². The minimum Gasteiger partial charge on any atom is -0.547 e. The Morgan fingerprint density at radius 3 is 1.32 bits per heavy atom. The van der Waals surface area contributed by atoms with Gasteiger partial charge in [-0.2, -0.15) is 0 Å². The second-order valence-electron chi connectivity index (χ2n) is 5.02.